The first-order valence-corrected chi connectivity index (χ1v) is 8.59. The molecule has 0 heterocycles. The van der Waals surface area contributed by atoms with E-state index >= 15 is 0 Å². The topological polar surface area (TPSA) is 90.8 Å². The van der Waals surface area contributed by atoms with Crippen molar-refractivity contribution >= 4 is 24.1 Å². The summed E-state index contributed by atoms with van der Waals surface area (Å²) in [4.78, 5) is 22.9. The molecule has 0 spiro atoms. The molecule has 0 saturated heterocycles. The van der Waals surface area contributed by atoms with E-state index in [1.807, 2.05) is 0 Å². The monoisotopic (exact) mass is 357 g/mol. The summed E-state index contributed by atoms with van der Waals surface area (Å²) in [5.41, 5.74) is 6.56. The van der Waals surface area contributed by atoms with Gasteiger partial charge in [-0.25, -0.2) is 10.9 Å². The van der Waals surface area contributed by atoms with Crippen molar-refractivity contribution in [3.05, 3.63) is 53.1 Å². The summed E-state index contributed by atoms with van der Waals surface area (Å²) in [5.74, 6) is -0.397. The summed E-state index contributed by atoms with van der Waals surface area (Å²) in [6, 6.07) is 6.68. The van der Waals surface area contributed by atoms with E-state index in [0.717, 1.165) is 24.8 Å². The van der Waals surface area contributed by atoms with Gasteiger partial charge in [0.2, 0.25) is 0 Å². The second kappa shape index (κ2) is 11.8. The minimum atomic E-state index is -0.615. The predicted octanol–water partition coefficient (Wildman–Crippen LogP) is 3.69. The molecule has 1 aromatic rings. The Morgan fingerprint density at radius 3 is 2.54 bits per heavy atom. The van der Waals surface area contributed by atoms with Crippen molar-refractivity contribution in [1.29, 1.82) is 0 Å². The molecule has 2 amide bonds. The molecule has 0 fully saturated rings. The van der Waals surface area contributed by atoms with Crippen LogP contribution in [0, 0.1) is 5.92 Å². The number of hydrogen-bond acceptors (Lipinski definition) is 4. The molecule has 0 aromatic heterocycles. The van der Waals surface area contributed by atoms with Crippen molar-refractivity contribution in [1.82, 2.24) is 10.9 Å². The quantitative estimate of drug-likeness (QED) is 0.207. The van der Waals surface area contributed by atoms with Gasteiger partial charge in [-0.15, -0.1) is 0 Å². The maximum atomic E-state index is 12.0. The van der Waals surface area contributed by atoms with E-state index in [4.69, 9.17) is 5.21 Å². The zero-order chi connectivity index (χ0) is 19.4. The van der Waals surface area contributed by atoms with E-state index in [9.17, 15) is 9.59 Å². The number of amides is 2. The van der Waals surface area contributed by atoms with Gasteiger partial charge < -0.3 is 0 Å². The summed E-state index contributed by atoms with van der Waals surface area (Å²) in [6.07, 6.45) is 9.65. The van der Waals surface area contributed by atoms with E-state index in [1.165, 1.54) is 23.2 Å². The van der Waals surface area contributed by atoms with Gasteiger partial charge in [-0.05, 0) is 62.8 Å². The lowest BCUT2D eigenvalue weighted by Crippen LogP contribution is -2.17. The van der Waals surface area contributed by atoms with Crippen molar-refractivity contribution in [2.45, 2.75) is 40.0 Å². The fourth-order valence-corrected chi connectivity index (χ4v) is 2.13. The molecule has 6 heteroatoms. The number of carbonyl (C=O) groups is 2. The minimum Gasteiger partial charge on any atom is -0.288 e. The average molecular weight is 357 g/mol. The summed E-state index contributed by atoms with van der Waals surface area (Å²) in [7, 11) is 0. The van der Waals surface area contributed by atoms with Crippen molar-refractivity contribution in [3.63, 3.8) is 0 Å². The summed E-state index contributed by atoms with van der Waals surface area (Å²) in [5, 5.41) is 12.4. The van der Waals surface area contributed by atoms with Crippen molar-refractivity contribution < 1.29 is 14.8 Å². The third kappa shape index (κ3) is 8.94. The summed E-state index contributed by atoms with van der Waals surface area (Å²) >= 11 is 0. The maximum Gasteiger partial charge on any atom is 0.271 e. The van der Waals surface area contributed by atoms with Crippen LogP contribution in [-0.4, -0.2) is 23.2 Å². The van der Waals surface area contributed by atoms with Gasteiger partial charge in [0.1, 0.15) is 0 Å². The number of rotatable bonds is 9. The standard InChI is InChI=1S/C20H27N3O3/c1-15(2)5-4-6-16(3)13-14-21-22-20(25)18-10-7-17(8-11-18)9-12-19(24)23-26/h5,7-12,14,16,26H,4,6,13H2,1-3H3,(H,22,25)(H,23,24)/b12-9+,21-14+/t16-/m0/s1. The highest BCUT2D eigenvalue weighted by molar-refractivity contribution is 5.95. The van der Waals surface area contributed by atoms with Crippen LogP contribution in [0.25, 0.3) is 6.08 Å². The SMILES string of the molecule is CC(C)=CCC[C@H](C)C/C=N/NC(=O)c1ccc(/C=C/C(=O)NO)cc1. The summed E-state index contributed by atoms with van der Waals surface area (Å²) < 4.78 is 0. The predicted molar refractivity (Wildman–Crippen MR) is 104 cm³/mol. The first kappa shape index (κ1) is 21.3. The lowest BCUT2D eigenvalue weighted by Gasteiger charge is -2.06. The van der Waals surface area contributed by atoms with Crippen LogP contribution in [0.3, 0.4) is 0 Å². The highest BCUT2D eigenvalue weighted by Crippen LogP contribution is 2.10. The second-order valence-corrected chi connectivity index (χ2v) is 6.38. The first-order valence-electron chi connectivity index (χ1n) is 8.59. The molecule has 140 valence electrons. The van der Waals surface area contributed by atoms with Gasteiger partial charge in [-0.2, -0.15) is 5.10 Å². The normalized spacial score (nSPS) is 12.2. The van der Waals surface area contributed by atoms with Crippen LogP contribution in [0.2, 0.25) is 0 Å². The molecule has 1 atom stereocenters. The van der Waals surface area contributed by atoms with E-state index in [1.54, 1.807) is 30.5 Å². The number of hydrogen-bond donors (Lipinski definition) is 3. The molecule has 0 radical (unpaired) electrons. The number of nitrogens with zero attached hydrogens (tertiary/aromatic N) is 1. The van der Waals surface area contributed by atoms with E-state index in [2.05, 4.69) is 37.4 Å². The Morgan fingerprint density at radius 2 is 1.92 bits per heavy atom. The van der Waals surface area contributed by atoms with E-state index < -0.39 is 5.91 Å². The molecule has 0 saturated carbocycles. The van der Waals surface area contributed by atoms with Gasteiger partial charge in [0.25, 0.3) is 11.8 Å². The number of benzene rings is 1. The molecule has 1 aromatic carbocycles. The van der Waals surface area contributed by atoms with Gasteiger partial charge in [0.05, 0.1) is 0 Å². The Morgan fingerprint density at radius 1 is 1.23 bits per heavy atom. The Bertz CT molecular complexity index is 672. The molecule has 0 aliphatic heterocycles. The maximum absolute atomic E-state index is 12.0. The van der Waals surface area contributed by atoms with Crippen LogP contribution >= 0.6 is 0 Å². The van der Waals surface area contributed by atoms with E-state index in [-0.39, 0.29) is 5.91 Å². The molecule has 0 bridgehead atoms. The van der Waals surface area contributed by atoms with Gasteiger partial charge in [-0.1, -0.05) is 30.7 Å². The molecule has 3 N–H and O–H groups in total. The van der Waals surface area contributed by atoms with Gasteiger partial charge >= 0.3 is 0 Å². The molecule has 0 aliphatic rings. The Hall–Kier alpha value is -2.73. The number of hydroxylamine groups is 1. The lowest BCUT2D eigenvalue weighted by molar-refractivity contribution is -0.124. The molecular formula is C20H27N3O3. The largest absolute Gasteiger partial charge is 0.288 e. The molecule has 0 aliphatic carbocycles. The zero-order valence-electron chi connectivity index (χ0n) is 15.5. The highest BCUT2D eigenvalue weighted by Gasteiger charge is 2.04. The van der Waals surface area contributed by atoms with Gasteiger partial charge in [-0.3, -0.25) is 14.8 Å². The zero-order valence-corrected chi connectivity index (χ0v) is 15.5. The van der Waals surface area contributed by atoms with Crippen molar-refractivity contribution in [2.75, 3.05) is 0 Å². The molecule has 1 rings (SSSR count). The van der Waals surface area contributed by atoms with Crippen LogP contribution in [0.1, 0.15) is 56.0 Å². The second-order valence-electron chi connectivity index (χ2n) is 6.38. The summed E-state index contributed by atoms with van der Waals surface area (Å²) in [6.45, 7) is 6.35. The molecule has 6 nitrogen and oxygen atoms in total. The number of nitrogens with one attached hydrogen (secondary N) is 2. The third-order valence-corrected chi connectivity index (χ3v) is 3.69. The smallest absolute Gasteiger partial charge is 0.271 e. The van der Waals surface area contributed by atoms with Crippen LogP contribution in [0.15, 0.2) is 47.1 Å². The minimum absolute atomic E-state index is 0.290. The lowest BCUT2D eigenvalue weighted by atomic mass is 10.0. The highest BCUT2D eigenvalue weighted by atomic mass is 16.5. The van der Waals surface area contributed by atoms with Crippen LogP contribution in [0.5, 0.6) is 0 Å². The van der Waals surface area contributed by atoms with Crippen LogP contribution < -0.4 is 10.9 Å². The molecule has 26 heavy (non-hydrogen) atoms. The molecule has 0 unspecified atom stereocenters. The Balaban J connectivity index is 2.42. The Kier molecular flexibility index (Phi) is 9.64. The van der Waals surface area contributed by atoms with Gasteiger partial charge in [0.15, 0.2) is 0 Å². The average Bonchev–Trinajstić information content (AvgIpc) is 2.63. The van der Waals surface area contributed by atoms with Gasteiger partial charge in [0, 0.05) is 17.9 Å². The Labute approximate surface area is 154 Å². The first-order chi connectivity index (χ1) is 12.4. The van der Waals surface area contributed by atoms with Crippen molar-refractivity contribution in [3.8, 4) is 0 Å². The number of carbonyl (C=O) groups excluding carboxylic acids is 2. The fourth-order valence-electron chi connectivity index (χ4n) is 2.13. The van der Waals surface area contributed by atoms with E-state index in [0.29, 0.717) is 11.5 Å². The fraction of sp³-hybridized carbons (Fsp3) is 0.350. The molecular weight excluding hydrogens is 330 g/mol. The van der Waals surface area contributed by atoms with Crippen LogP contribution in [-0.2, 0) is 4.79 Å². The number of allylic oxidation sites excluding steroid dienone is 2. The van der Waals surface area contributed by atoms with Crippen molar-refractivity contribution in [2.24, 2.45) is 11.0 Å². The number of hydrazone groups is 1. The third-order valence-electron chi connectivity index (χ3n) is 3.69. The van der Waals surface area contributed by atoms with Crippen LogP contribution in [0.4, 0.5) is 0 Å².